The number of halogens is 1. The van der Waals surface area contributed by atoms with Crippen molar-refractivity contribution < 1.29 is 19.0 Å². The predicted octanol–water partition coefficient (Wildman–Crippen LogP) is 2.15. The maximum absolute atomic E-state index is 15.1. The summed E-state index contributed by atoms with van der Waals surface area (Å²) in [6.45, 7) is 7.88. The lowest BCUT2D eigenvalue weighted by Crippen LogP contribution is -2.44. The number of carboxylic acid groups (broad SMARTS) is 1. The SMILES string of the molecule is CC(C)(C)n1cc(C(=O)O)c(=O)c2cc(F)c(N3CC4CCOC4(CN)C3)cc21. The third kappa shape index (κ3) is 3.02. The molecule has 156 valence electrons. The fourth-order valence-electron chi connectivity index (χ4n) is 4.63. The molecule has 2 atom stereocenters. The Morgan fingerprint density at radius 1 is 1.41 bits per heavy atom. The van der Waals surface area contributed by atoms with E-state index >= 15 is 4.39 Å². The van der Waals surface area contributed by atoms with E-state index in [-0.39, 0.29) is 16.9 Å². The van der Waals surface area contributed by atoms with Crippen LogP contribution in [0.3, 0.4) is 0 Å². The first-order valence-electron chi connectivity index (χ1n) is 9.79. The molecule has 3 N–H and O–H groups in total. The molecule has 2 fully saturated rings. The van der Waals surface area contributed by atoms with Gasteiger partial charge in [0.2, 0.25) is 5.43 Å². The number of hydrogen-bond donors (Lipinski definition) is 2. The minimum atomic E-state index is -1.33. The normalized spacial score (nSPS) is 24.3. The molecule has 3 heterocycles. The molecule has 29 heavy (non-hydrogen) atoms. The summed E-state index contributed by atoms with van der Waals surface area (Å²) < 4.78 is 22.8. The molecule has 2 saturated heterocycles. The number of hydrogen-bond acceptors (Lipinski definition) is 5. The number of anilines is 1. The Hall–Kier alpha value is -2.45. The van der Waals surface area contributed by atoms with Gasteiger partial charge in [-0.05, 0) is 39.3 Å². The number of carboxylic acids is 1. The van der Waals surface area contributed by atoms with E-state index in [1.54, 1.807) is 10.6 Å². The Kier molecular flexibility index (Phi) is 4.47. The van der Waals surface area contributed by atoms with Crippen LogP contribution in [0.5, 0.6) is 0 Å². The van der Waals surface area contributed by atoms with Crippen molar-refractivity contribution in [3.63, 3.8) is 0 Å². The molecule has 8 heteroatoms. The summed E-state index contributed by atoms with van der Waals surface area (Å²) in [5.74, 6) is -1.64. The van der Waals surface area contributed by atoms with Crippen LogP contribution in [0, 0.1) is 11.7 Å². The van der Waals surface area contributed by atoms with E-state index < -0.39 is 28.4 Å². The lowest BCUT2D eigenvalue weighted by Gasteiger charge is -2.29. The molecule has 0 bridgehead atoms. The largest absolute Gasteiger partial charge is 0.477 e. The summed E-state index contributed by atoms with van der Waals surface area (Å²) in [6, 6.07) is 2.81. The van der Waals surface area contributed by atoms with Gasteiger partial charge in [0.25, 0.3) is 0 Å². The summed E-state index contributed by atoms with van der Waals surface area (Å²) >= 11 is 0. The average Bonchev–Trinajstić information content (AvgIpc) is 3.18. The molecule has 1 aromatic heterocycles. The third-order valence-electron chi connectivity index (χ3n) is 6.21. The molecule has 4 rings (SSSR count). The van der Waals surface area contributed by atoms with E-state index in [4.69, 9.17) is 10.5 Å². The van der Waals surface area contributed by atoms with Gasteiger partial charge in [-0.3, -0.25) is 4.79 Å². The predicted molar refractivity (Wildman–Crippen MR) is 108 cm³/mol. The van der Waals surface area contributed by atoms with E-state index in [2.05, 4.69) is 0 Å². The summed E-state index contributed by atoms with van der Waals surface area (Å²) in [4.78, 5) is 26.1. The third-order valence-corrected chi connectivity index (χ3v) is 6.21. The summed E-state index contributed by atoms with van der Waals surface area (Å²) in [5, 5.41) is 9.48. The van der Waals surface area contributed by atoms with Gasteiger partial charge in [0.05, 0.1) is 11.2 Å². The van der Waals surface area contributed by atoms with E-state index in [1.165, 1.54) is 6.20 Å². The van der Waals surface area contributed by atoms with Gasteiger partial charge in [-0.15, -0.1) is 0 Å². The van der Waals surface area contributed by atoms with Gasteiger partial charge in [0.15, 0.2) is 0 Å². The summed E-state index contributed by atoms with van der Waals surface area (Å²) in [5.41, 5.74) is 4.84. The zero-order valence-electron chi connectivity index (χ0n) is 16.9. The lowest BCUT2D eigenvalue weighted by molar-refractivity contribution is 0.0126. The zero-order valence-corrected chi connectivity index (χ0v) is 16.9. The van der Waals surface area contributed by atoms with E-state index in [1.807, 2.05) is 25.7 Å². The molecule has 0 radical (unpaired) electrons. The number of carbonyl (C=O) groups is 1. The Balaban J connectivity index is 1.90. The lowest BCUT2D eigenvalue weighted by atomic mass is 9.91. The molecule has 0 spiro atoms. The van der Waals surface area contributed by atoms with E-state index in [0.717, 1.165) is 12.5 Å². The van der Waals surface area contributed by atoms with Gasteiger partial charge < -0.3 is 25.0 Å². The van der Waals surface area contributed by atoms with Gasteiger partial charge >= 0.3 is 5.97 Å². The van der Waals surface area contributed by atoms with Crippen molar-refractivity contribution in [1.82, 2.24) is 4.57 Å². The van der Waals surface area contributed by atoms with Crippen LogP contribution in [-0.4, -0.2) is 47.5 Å². The van der Waals surface area contributed by atoms with Crippen LogP contribution < -0.4 is 16.1 Å². The van der Waals surface area contributed by atoms with Gasteiger partial charge in [-0.2, -0.15) is 0 Å². The highest BCUT2D eigenvalue weighted by Gasteiger charge is 2.50. The van der Waals surface area contributed by atoms with Crippen LogP contribution in [0.2, 0.25) is 0 Å². The van der Waals surface area contributed by atoms with Crippen molar-refractivity contribution in [3.05, 3.63) is 39.9 Å². The highest BCUT2D eigenvalue weighted by atomic mass is 19.1. The number of nitrogens with zero attached hydrogens (tertiary/aromatic N) is 2. The van der Waals surface area contributed by atoms with Crippen LogP contribution in [0.4, 0.5) is 10.1 Å². The quantitative estimate of drug-likeness (QED) is 0.815. The van der Waals surface area contributed by atoms with Crippen molar-refractivity contribution in [3.8, 4) is 0 Å². The number of benzene rings is 1. The van der Waals surface area contributed by atoms with Crippen LogP contribution in [0.1, 0.15) is 37.6 Å². The second-order valence-corrected chi connectivity index (χ2v) is 9.02. The number of aromatic nitrogens is 1. The van der Waals surface area contributed by atoms with Crippen molar-refractivity contribution >= 4 is 22.6 Å². The first kappa shape index (κ1) is 19.8. The summed E-state index contributed by atoms with van der Waals surface area (Å²) in [6.07, 6.45) is 2.23. The number of fused-ring (bicyclic) bond motifs is 2. The molecule has 2 aliphatic rings. The van der Waals surface area contributed by atoms with Gasteiger partial charge in [-0.1, -0.05) is 0 Å². The highest BCUT2D eigenvalue weighted by Crippen LogP contribution is 2.41. The van der Waals surface area contributed by atoms with Crippen LogP contribution in [-0.2, 0) is 10.3 Å². The summed E-state index contributed by atoms with van der Waals surface area (Å²) in [7, 11) is 0. The van der Waals surface area contributed by atoms with Crippen LogP contribution in [0.15, 0.2) is 23.1 Å². The molecular formula is C21H26FN3O4. The molecule has 0 saturated carbocycles. The van der Waals surface area contributed by atoms with E-state index in [0.29, 0.717) is 37.4 Å². The molecule has 2 aromatic rings. The maximum Gasteiger partial charge on any atom is 0.341 e. The minimum absolute atomic E-state index is 0.0604. The molecule has 0 aliphatic carbocycles. The Morgan fingerprint density at radius 2 is 2.14 bits per heavy atom. The minimum Gasteiger partial charge on any atom is -0.477 e. The molecule has 7 nitrogen and oxygen atoms in total. The Labute approximate surface area is 167 Å². The number of aromatic carboxylic acids is 1. The Bertz CT molecular complexity index is 1060. The average molecular weight is 403 g/mol. The number of ether oxygens (including phenoxy) is 1. The van der Waals surface area contributed by atoms with E-state index in [9.17, 15) is 14.7 Å². The fraction of sp³-hybridized carbons (Fsp3) is 0.524. The second kappa shape index (κ2) is 6.53. The number of rotatable bonds is 3. The number of nitrogens with two attached hydrogens (primary N) is 1. The van der Waals surface area contributed by atoms with Crippen molar-refractivity contribution in [1.29, 1.82) is 0 Å². The Morgan fingerprint density at radius 3 is 2.72 bits per heavy atom. The van der Waals surface area contributed by atoms with Crippen molar-refractivity contribution in [2.75, 3.05) is 31.1 Å². The van der Waals surface area contributed by atoms with Crippen molar-refractivity contribution in [2.24, 2.45) is 11.7 Å². The standard InChI is InChI=1S/C21H26FN3O4/c1-20(2,3)25-9-14(19(27)28)18(26)13-6-15(22)17(7-16(13)25)24-8-12-4-5-29-21(12,10-23)11-24/h6-7,9,12H,4-5,8,10-11,23H2,1-3H3,(H,27,28). The highest BCUT2D eigenvalue weighted by molar-refractivity contribution is 5.93. The zero-order chi connectivity index (χ0) is 21.1. The van der Waals surface area contributed by atoms with Gasteiger partial charge in [0.1, 0.15) is 17.0 Å². The first-order chi connectivity index (χ1) is 13.6. The molecule has 1 aromatic carbocycles. The topological polar surface area (TPSA) is 97.8 Å². The molecular weight excluding hydrogens is 377 g/mol. The monoisotopic (exact) mass is 403 g/mol. The number of pyridine rings is 1. The van der Waals surface area contributed by atoms with Gasteiger partial charge in [0, 0.05) is 49.3 Å². The second-order valence-electron chi connectivity index (χ2n) is 9.02. The molecule has 2 aliphatic heterocycles. The molecule has 2 unspecified atom stereocenters. The first-order valence-corrected chi connectivity index (χ1v) is 9.79. The maximum atomic E-state index is 15.1. The van der Waals surface area contributed by atoms with Gasteiger partial charge in [-0.25, -0.2) is 9.18 Å². The van der Waals surface area contributed by atoms with Crippen molar-refractivity contribution in [2.45, 2.75) is 38.3 Å². The molecule has 0 amide bonds. The van der Waals surface area contributed by atoms with Crippen LogP contribution >= 0.6 is 0 Å². The van der Waals surface area contributed by atoms with Crippen LogP contribution in [0.25, 0.3) is 10.9 Å². The fourth-order valence-corrected chi connectivity index (χ4v) is 4.63. The smallest absolute Gasteiger partial charge is 0.341 e.